The number of ether oxygens (including phenoxy) is 3. The second-order valence-corrected chi connectivity index (χ2v) is 24.2. The highest BCUT2D eigenvalue weighted by atomic mass is 16.6. The van der Waals surface area contributed by atoms with Gasteiger partial charge in [0.05, 0.1) is 0 Å². The van der Waals surface area contributed by atoms with Crippen LogP contribution in [-0.4, -0.2) is 37.2 Å². The molecule has 0 radical (unpaired) electrons. The summed E-state index contributed by atoms with van der Waals surface area (Å²) in [6, 6.07) is 0. The van der Waals surface area contributed by atoms with Gasteiger partial charge in [0, 0.05) is 19.3 Å². The van der Waals surface area contributed by atoms with Crippen molar-refractivity contribution < 1.29 is 28.6 Å². The summed E-state index contributed by atoms with van der Waals surface area (Å²) in [4.78, 5) is 38.3. The van der Waals surface area contributed by atoms with Crippen molar-refractivity contribution in [3.05, 3.63) is 12.2 Å². The van der Waals surface area contributed by atoms with Crippen LogP contribution in [0.25, 0.3) is 0 Å². The average Bonchev–Trinajstić information content (AvgIpc) is 3.43. The van der Waals surface area contributed by atoms with Crippen LogP contribution in [0, 0.1) is 0 Å². The smallest absolute Gasteiger partial charge is 0.306 e. The molecule has 1 unspecified atom stereocenters. The van der Waals surface area contributed by atoms with Crippen LogP contribution in [0.2, 0.25) is 0 Å². The molecular formula is C71H136O6. The van der Waals surface area contributed by atoms with Crippen molar-refractivity contribution in [3.63, 3.8) is 0 Å². The second kappa shape index (κ2) is 66.7. The van der Waals surface area contributed by atoms with E-state index >= 15 is 0 Å². The van der Waals surface area contributed by atoms with E-state index in [0.717, 1.165) is 64.2 Å². The number of hydrogen-bond acceptors (Lipinski definition) is 6. The van der Waals surface area contributed by atoms with Gasteiger partial charge in [0.15, 0.2) is 6.10 Å². The van der Waals surface area contributed by atoms with Crippen LogP contribution in [0.3, 0.4) is 0 Å². The molecule has 456 valence electrons. The molecule has 0 aliphatic heterocycles. The summed E-state index contributed by atoms with van der Waals surface area (Å²) in [5.74, 6) is -0.846. The zero-order valence-corrected chi connectivity index (χ0v) is 52.5. The first-order valence-corrected chi connectivity index (χ1v) is 35.2. The summed E-state index contributed by atoms with van der Waals surface area (Å²) in [5.41, 5.74) is 0. The first kappa shape index (κ1) is 75.2. The molecule has 6 heteroatoms. The van der Waals surface area contributed by atoms with E-state index in [1.807, 2.05) is 0 Å². The molecule has 0 N–H and O–H groups in total. The largest absolute Gasteiger partial charge is 0.462 e. The van der Waals surface area contributed by atoms with Crippen LogP contribution >= 0.6 is 0 Å². The Balaban J connectivity index is 4.05. The first-order chi connectivity index (χ1) is 38.0. The summed E-state index contributed by atoms with van der Waals surface area (Å²) in [7, 11) is 0. The molecule has 0 aromatic heterocycles. The van der Waals surface area contributed by atoms with Gasteiger partial charge in [-0.3, -0.25) is 14.4 Å². The molecule has 0 rings (SSSR count). The molecule has 0 saturated carbocycles. The van der Waals surface area contributed by atoms with E-state index in [-0.39, 0.29) is 31.1 Å². The molecule has 0 bridgehead atoms. The standard InChI is InChI=1S/C71H136O6/c1-4-7-10-13-16-19-22-25-27-28-29-30-31-32-33-34-35-36-37-38-39-40-41-42-43-45-46-49-52-55-58-61-64-70(73)76-67-68(66-75-69(72)63-60-57-54-51-48-24-21-18-15-12-9-6-3)77-71(74)65-62-59-56-53-50-47-44-26-23-20-17-14-11-8-5-2/h26,44,68H,4-25,27-43,45-67H2,1-3H3/b44-26-. The van der Waals surface area contributed by atoms with Crippen molar-refractivity contribution in [2.24, 2.45) is 0 Å². The highest BCUT2D eigenvalue weighted by Gasteiger charge is 2.19. The van der Waals surface area contributed by atoms with Crippen molar-refractivity contribution in [1.82, 2.24) is 0 Å². The Morgan fingerprint density at radius 3 is 0.649 bits per heavy atom. The average molecular weight is 1090 g/mol. The topological polar surface area (TPSA) is 78.9 Å². The van der Waals surface area contributed by atoms with E-state index < -0.39 is 6.10 Å². The van der Waals surface area contributed by atoms with Gasteiger partial charge in [-0.2, -0.15) is 0 Å². The quantitative estimate of drug-likeness (QED) is 0.0261. The summed E-state index contributed by atoms with van der Waals surface area (Å²) in [6.45, 7) is 6.70. The Bertz CT molecular complexity index is 1200. The van der Waals surface area contributed by atoms with Crippen molar-refractivity contribution in [2.75, 3.05) is 13.2 Å². The molecule has 0 aromatic carbocycles. The van der Waals surface area contributed by atoms with Crippen molar-refractivity contribution >= 4 is 17.9 Å². The minimum atomic E-state index is -0.770. The molecule has 0 spiro atoms. The van der Waals surface area contributed by atoms with Crippen LogP contribution in [0.15, 0.2) is 12.2 Å². The van der Waals surface area contributed by atoms with E-state index in [1.54, 1.807) is 0 Å². The van der Waals surface area contributed by atoms with Crippen molar-refractivity contribution in [3.8, 4) is 0 Å². The number of hydrogen-bond donors (Lipinski definition) is 0. The van der Waals surface area contributed by atoms with E-state index in [0.29, 0.717) is 19.3 Å². The zero-order chi connectivity index (χ0) is 55.7. The lowest BCUT2D eigenvalue weighted by atomic mass is 10.0. The molecule has 0 aliphatic carbocycles. The Kier molecular flexibility index (Phi) is 65.1. The van der Waals surface area contributed by atoms with Crippen molar-refractivity contribution in [1.29, 1.82) is 0 Å². The third-order valence-corrected chi connectivity index (χ3v) is 16.3. The summed E-state index contributed by atoms with van der Waals surface area (Å²) < 4.78 is 16.9. The van der Waals surface area contributed by atoms with E-state index in [1.165, 1.54) is 302 Å². The number of unbranched alkanes of at least 4 members (excludes halogenated alkanes) is 53. The fraction of sp³-hybridized carbons (Fsp3) is 0.930. The maximum Gasteiger partial charge on any atom is 0.306 e. The number of esters is 3. The van der Waals surface area contributed by atoms with Gasteiger partial charge in [0.1, 0.15) is 13.2 Å². The number of carbonyl (C=O) groups excluding carboxylic acids is 3. The van der Waals surface area contributed by atoms with Crippen LogP contribution < -0.4 is 0 Å². The van der Waals surface area contributed by atoms with Gasteiger partial charge in [-0.05, 0) is 44.9 Å². The maximum absolute atomic E-state index is 12.9. The summed E-state index contributed by atoms with van der Waals surface area (Å²) in [5, 5.41) is 0. The predicted molar refractivity (Wildman–Crippen MR) is 335 cm³/mol. The van der Waals surface area contributed by atoms with Gasteiger partial charge in [0.2, 0.25) is 0 Å². The second-order valence-electron chi connectivity index (χ2n) is 24.2. The van der Waals surface area contributed by atoms with Crippen LogP contribution in [0.5, 0.6) is 0 Å². The highest BCUT2D eigenvalue weighted by molar-refractivity contribution is 5.71. The Labute approximate surface area is 481 Å². The van der Waals surface area contributed by atoms with Gasteiger partial charge in [-0.1, -0.05) is 354 Å². The van der Waals surface area contributed by atoms with Crippen molar-refractivity contribution in [2.45, 2.75) is 412 Å². The van der Waals surface area contributed by atoms with Gasteiger partial charge in [-0.15, -0.1) is 0 Å². The highest BCUT2D eigenvalue weighted by Crippen LogP contribution is 2.19. The van der Waals surface area contributed by atoms with Gasteiger partial charge < -0.3 is 14.2 Å². The molecule has 0 heterocycles. The van der Waals surface area contributed by atoms with Crippen LogP contribution in [-0.2, 0) is 28.6 Å². The van der Waals surface area contributed by atoms with E-state index in [9.17, 15) is 14.4 Å². The van der Waals surface area contributed by atoms with E-state index in [2.05, 4.69) is 32.9 Å². The molecule has 6 nitrogen and oxygen atoms in total. The Morgan fingerprint density at radius 1 is 0.247 bits per heavy atom. The molecule has 0 fully saturated rings. The Hall–Kier alpha value is -1.85. The van der Waals surface area contributed by atoms with E-state index in [4.69, 9.17) is 14.2 Å². The van der Waals surface area contributed by atoms with Gasteiger partial charge in [-0.25, -0.2) is 0 Å². The normalized spacial score (nSPS) is 12.0. The minimum absolute atomic E-state index is 0.0670. The SMILES string of the molecule is CCCCCCCC/C=C\CCCCCCCC(=O)OC(COC(=O)CCCCCCCCCCCCCC)COC(=O)CCCCCCCCCCCCCCCCCCCCCCCCCCCCCCCCCC. The Morgan fingerprint density at radius 2 is 0.429 bits per heavy atom. The number of carbonyl (C=O) groups is 3. The zero-order valence-electron chi connectivity index (χ0n) is 52.5. The van der Waals surface area contributed by atoms with Crippen LogP contribution in [0.1, 0.15) is 406 Å². The lowest BCUT2D eigenvalue weighted by Gasteiger charge is -2.18. The molecule has 77 heavy (non-hydrogen) atoms. The molecule has 0 aliphatic rings. The number of rotatable bonds is 66. The summed E-state index contributed by atoms with van der Waals surface area (Å²) >= 11 is 0. The molecular weight excluding hydrogens is 949 g/mol. The van der Waals surface area contributed by atoms with Gasteiger partial charge >= 0.3 is 17.9 Å². The third-order valence-electron chi connectivity index (χ3n) is 16.3. The lowest BCUT2D eigenvalue weighted by molar-refractivity contribution is -0.167. The van der Waals surface area contributed by atoms with Gasteiger partial charge in [0.25, 0.3) is 0 Å². The maximum atomic E-state index is 12.9. The molecule has 1 atom stereocenters. The fourth-order valence-electron chi connectivity index (χ4n) is 11.0. The first-order valence-electron chi connectivity index (χ1n) is 35.2. The van der Waals surface area contributed by atoms with Crippen LogP contribution in [0.4, 0.5) is 0 Å². The minimum Gasteiger partial charge on any atom is -0.462 e. The number of allylic oxidation sites excluding steroid dienone is 2. The molecule has 0 saturated heterocycles. The lowest BCUT2D eigenvalue weighted by Crippen LogP contribution is -2.30. The third kappa shape index (κ3) is 64.9. The summed E-state index contributed by atoms with van der Waals surface area (Å²) in [6.07, 6.45) is 79.8. The predicted octanol–water partition coefficient (Wildman–Crippen LogP) is 24.0. The fourth-order valence-corrected chi connectivity index (χ4v) is 11.0. The molecule has 0 amide bonds. The monoisotopic (exact) mass is 1090 g/mol. The molecule has 0 aromatic rings.